The van der Waals surface area contributed by atoms with Gasteiger partial charge in [0.1, 0.15) is 16.9 Å². The Kier molecular flexibility index (Phi) is 4.23. The Morgan fingerprint density at radius 2 is 2.27 bits per heavy atom. The molecule has 0 bridgehead atoms. The van der Waals surface area contributed by atoms with E-state index in [9.17, 15) is 4.79 Å². The number of hydrogen-bond acceptors (Lipinski definition) is 5. The summed E-state index contributed by atoms with van der Waals surface area (Å²) < 4.78 is 16.7. The summed E-state index contributed by atoms with van der Waals surface area (Å²) in [6.45, 7) is 5.84. The lowest BCUT2D eigenvalue weighted by molar-refractivity contribution is -0.181. The summed E-state index contributed by atoms with van der Waals surface area (Å²) >= 11 is 0. The lowest BCUT2D eigenvalue weighted by Gasteiger charge is -2.52. The van der Waals surface area contributed by atoms with Gasteiger partial charge in [0.2, 0.25) is 0 Å². The summed E-state index contributed by atoms with van der Waals surface area (Å²) in [5, 5.41) is 3.95. The molecule has 2 aliphatic rings. The van der Waals surface area contributed by atoms with Gasteiger partial charge >= 0.3 is 0 Å². The molecule has 6 nitrogen and oxygen atoms in total. The van der Waals surface area contributed by atoms with Gasteiger partial charge in [-0.1, -0.05) is 12.1 Å². The SMILES string of the molecule is CCCc1onc(C)c1C(=O)N1CC2(CC(OC)CCO2)C1. The number of carbonyl (C=O) groups is 1. The number of hydrogen-bond donors (Lipinski definition) is 0. The summed E-state index contributed by atoms with van der Waals surface area (Å²) in [5.41, 5.74) is 1.09. The monoisotopic (exact) mass is 308 g/mol. The molecule has 6 heteroatoms. The number of rotatable bonds is 4. The third kappa shape index (κ3) is 2.65. The van der Waals surface area contributed by atoms with Crippen LogP contribution in [0.1, 0.15) is 48.0 Å². The number of methoxy groups -OCH3 is 1. The minimum Gasteiger partial charge on any atom is -0.381 e. The standard InChI is InChI=1S/C16H24N2O4/c1-4-5-13-14(11(2)17-22-13)15(19)18-9-16(10-18)8-12(20-3)6-7-21-16/h12H,4-10H2,1-3H3. The number of aryl methyl sites for hydroxylation is 2. The molecule has 1 aromatic heterocycles. The predicted octanol–water partition coefficient (Wildman–Crippen LogP) is 1.96. The highest BCUT2D eigenvalue weighted by molar-refractivity contribution is 5.96. The zero-order valence-electron chi connectivity index (χ0n) is 13.6. The van der Waals surface area contributed by atoms with Crippen LogP contribution >= 0.6 is 0 Å². The van der Waals surface area contributed by atoms with Crippen LogP contribution in [0, 0.1) is 6.92 Å². The number of aromatic nitrogens is 1. The quantitative estimate of drug-likeness (QED) is 0.850. The number of nitrogens with zero attached hydrogens (tertiary/aromatic N) is 2. The second kappa shape index (κ2) is 6.01. The van der Waals surface area contributed by atoms with Crippen LogP contribution in [0.15, 0.2) is 4.52 Å². The van der Waals surface area contributed by atoms with Crippen LogP contribution in [0.5, 0.6) is 0 Å². The van der Waals surface area contributed by atoms with Crippen molar-refractivity contribution in [1.29, 1.82) is 0 Å². The van der Waals surface area contributed by atoms with Crippen molar-refractivity contribution in [3.63, 3.8) is 0 Å². The molecular weight excluding hydrogens is 284 g/mol. The maximum absolute atomic E-state index is 12.7. The van der Waals surface area contributed by atoms with Crippen LogP contribution in [-0.4, -0.2) is 54.5 Å². The Balaban J connectivity index is 1.67. The maximum Gasteiger partial charge on any atom is 0.259 e. The van der Waals surface area contributed by atoms with Crippen molar-refractivity contribution in [2.75, 3.05) is 26.8 Å². The van der Waals surface area contributed by atoms with Gasteiger partial charge in [-0.3, -0.25) is 4.79 Å². The normalized spacial score (nSPS) is 23.6. The number of likely N-dealkylation sites (tertiary alicyclic amines) is 1. The Morgan fingerprint density at radius 3 is 2.95 bits per heavy atom. The molecule has 0 saturated carbocycles. The largest absolute Gasteiger partial charge is 0.381 e. The third-order valence-corrected chi connectivity index (χ3v) is 4.65. The summed E-state index contributed by atoms with van der Waals surface area (Å²) in [7, 11) is 1.74. The molecule has 1 unspecified atom stereocenters. The Labute approximate surface area is 130 Å². The van der Waals surface area contributed by atoms with Crippen LogP contribution in [0.25, 0.3) is 0 Å². The van der Waals surface area contributed by atoms with Gasteiger partial charge in [0, 0.05) is 26.6 Å². The highest BCUT2D eigenvalue weighted by atomic mass is 16.5. The van der Waals surface area contributed by atoms with E-state index in [2.05, 4.69) is 12.1 Å². The molecule has 1 atom stereocenters. The zero-order chi connectivity index (χ0) is 15.7. The molecule has 3 rings (SSSR count). The van der Waals surface area contributed by atoms with Crippen molar-refractivity contribution in [3.8, 4) is 0 Å². The van der Waals surface area contributed by atoms with Crippen LogP contribution in [-0.2, 0) is 15.9 Å². The van der Waals surface area contributed by atoms with E-state index < -0.39 is 0 Å². The van der Waals surface area contributed by atoms with Crippen LogP contribution in [0.2, 0.25) is 0 Å². The molecule has 0 aliphatic carbocycles. The van der Waals surface area contributed by atoms with Gasteiger partial charge in [-0.25, -0.2) is 0 Å². The molecule has 1 spiro atoms. The van der Waals surface area contributed by atoms with Crippen molar-refractivity contribution in [2.45, 2.75) is 51.2 Å². The highest BCUT2D eigenvalue weighted by Gasteiger charge is 2.50. The average Bonchev–Trinajstić information content (AvgIpc) is 2.85. The van der Waals surface area contributed by atoms with E-state index in [0.717, 1.165) is 25.7 Å². The number of ether oxygens (including phenoxy) is 2. The van der Waals surface area contributed by atoms with E-state index in [1.807, 2.05) is 11.8 Å². The second-order valence-corrected chi connectivity index (χ2v) is 6.36. The zero-order valence-corrected chi connectivity index (χ0v) is 13.6. The van der Waals surface area contributed by atoms with Gasteiger partial charge in [0.05, 0.1) is 24.9 Å². The van der Waals surface area contributed by atoms with E-state index in [1.54, 1.807) is 7.11 Å². The third-order valence-electron chi connectivity index (χ3n) is 4.65. The predicted molar refractivity (Wildman–Crippen MR) is 79.9 cm³/mol. The molecule has 22 heavy (non-hydrogen) atoms. The molecular formula is C16H24N2O4. The molecule has 1 amide bonds. The van der Waals surface area contributed by atoms with Gasteiger partial charge in [-0.15, -0.1) is 0 Å². The van der Waals surface area contributed by atoms with Crippen molar-refractivity contribution >= 4 is 5.91 Å². The lowest BCUT2D eigenvalue weighted by Crippen LogP contribution is -2.67. The Morgan fingerprint density at radius 1 is 1.50 bits per heavy atom. The van der Waals surface area contributed by atoms with E-state index in [1.165, 1.54) is 0 Å². The molecule has 1 aromatic rings. The van der Waals surface area contributed by atoms with Crippen molar-refractivity contribution in [2.24, 2.45) is 0 Å². The number of amides is 1. The molecule has 2 saturated heterocycles. The molecule has 2 fully saturated rings. The lowest BCUT2D eigenvalue weighted by atomic mass is 9.84. The molecule has 0 radical (unpaired) electrons. The van der Waals surface area contributed by atoms with Crippen LogP contribution < -0.4 is 0 Å². The molecule has 2 aliphatic heterocycles. The topological polar surface area (TPSA) is 64.8 Å². The van der Waals surface area contributed by atoms with E-state index in [0.29, 0.717) is 36.7 Å². The first-order valence-electron chi connectivity index (χ1n) is 8.00. The highest BCUT2D eigenvalue weighted by Crippen LogP contribution is 2.36. The van der Waals surface area contributed by atoms with Gasteiger partial charge in [0.25, 0.3) is 5.91 Å². The van der Waals surface area contributed by atoms with Crippen molar-refractivity contribution in [1.82, 2.24) is 10.1 Å². The van der Waals surface area contributed by atoms with E-state index >= 15 is 0 Å². The first-order valence-corrected chi connectivity index (χ1v) is 8.00. The van der Waals surface area contributed by atoms with Gasteiger partial charge in [0.15, 0.2) is 0 Å². The van der Waals surface area contributed by atoms with E-state index in [-0.39, 0.29) is 17.6 Å². The first kappa shape index (κ1) is 15.5. The van der Waals surface area contributed by atoms with Gasteiger partial charge in [-0.2, -0.15) is 0 Å². The van der Waals surface area contributed by atoms with Crippen LogP contribution in [0.3, 0.4) is 0 Å². The Hall–Kier alpha value is -1.40. The fourth-order valence-corrected chi connectivity index (χ4v) is 3.44. The molecule has 0 N–H and O–H groups in total. The van der Waals surface area contributed by atoms with Crippen molar-refractivity contribution < 1.29 is 18.8 Å². The number of carbonyl (C=O) groups excluding carboxylic acids is 1. The first-order chi connectivity index (χ1) is 10.6. The minimum atomic E-state index is -0.218. The summed E-state index contributed by atoms with van der Waals surface area (Å²) in [4.78, 5) is 14.6. The van der Waals surface area contributed by atoms with Crippen molar-refractivity contribution in [3.05, 3.63) is 17.0 Å². The fraction of sp³-hybridized carbons (Fsp3) is 0.750. The van der Waals surface area contributed by atoms with Crippen LogP contribution in [0.4, 0.5) is 0 Å². The maximum atomic E-state index is 12.7. The summed E-state index contributed by atoms with van der Waals surface area (Å²) in [6.07, 6.45) is 3.69. The van der Waals surface area contributed by atoms with Gasteiger partial charge in [-0.05, 0) is 19.8 Å². The minimum absolute atomic E-state index is 0.0102. The second-order valence-electron chi connectivity index (χ2n) is 6.36. The summed E-state index contributed by atoms with van der Waals surface area (Å²) in [6, 6.07) is 0. The molecule has 0 aromatic carbocycles. The summed E-state index contributed by atoms with van der Waals surface area (Å²) in [5.74, 6) is 0.709. The van der Waals surface area contributed by atoms with Gasteiger partial charge < -0.3 is 18.9 Å². The molecule has 122 valence electrons. The molecule has 3 heterocycles. The Bertz CT molecular complexity index is 548. The average molecular weight is 308 g/mol. The fourth-order valence-electron chi connectivity index (χ4n) is 3.44. The van der Waals surface area contributed by atoms with E-state index in [4.69, 9.17) is 14.0 Å². The smallest absolute Gasteiger partial charge is 0.259 e.